The van der Waals surface area contributed by atoms with Gasteiger partial charge in [-0.2, -0.15) is 0 Å². The summed E-state index contributed by atoms with van der Waals surface area (Å²) in [5.74, 6) is -0.914. The lowest BCUT2D eigenvalue weighted by molar-refractivity contribution is -0.140. The molecular weight excluding hydrogens is 212 g/mol. The first-order valence-electron chi connectivity index (χ1n) is 5.04. The molecule has 0 spiro atoms. The van der Waals surface area contributed by atoms with Crippen LogP contribution in [0.1, 0.15) is 32.6 Å². The zero-order valence-electron chi connectivity index (χ0n) is 9.62. The van der Waals surface area contributed by atoms with Crippen molar-refractivity contribution in [3.8, 4) is 0 Å². The molecule has 0 aromatic carbocycles. The zero-order valence-corrected chi connectivity index (χ0v) is 9.62. The Bertz CT molecular complexity index is 266. The van der Waals surface area contributed by atoms with E-state index in [1.165, 1.54) is 14.0 Å². The molecule has 0 bridgehead atoms. The Hall–Kier alpha value is -1.43. The molecule has 6 heteroatoms. The average Bonchev–Trinajstić information content (AvgIpc) is 2.22. The van der Waals surface area contributed by atoms with Gasteiger partial charge in [0.25, 0.3) is 0 Å². The second kappa shape index (κ2) is 7.81. The number of carbonyl (C=O) groups excluding carboxylic acids is 2. The van der Waals surface area contributed by atoms with Gasteiger partial charge in [-0.3, -0.25) is 15.0 Å². The Kier molecular flexibility index (Phi) is 7.11. The van der Waals surface area contributed by atoms with E-state index in [4.69, 9.17) is 11.1 Å². The number of carbonyl (C=O) groups is 2. The van der Waals surface area contributed by atoms with Crippen LogP contribution >= 0.6 is 0 Å². The molecule has 1 atom stereocenters. The van der Waals surface area contributed by atoms with Crippen LogP contribution in [0.25, 0.3) is 0 Å². The molecule has 0 aromatic rings. The number of nitrogens with two attached hydrogens (primary N) is 1. The number of methoxy groups -OCH3 is 1. The van der Waals surface area contributed by atoms with Crippen molar-refractivity contribution in [3.63, 3.8) is 0 Å². The quantitative estimate of drug-likeness (QED) is 0.395. The molecule has 0 aliphatic carbocycles. The van der Waals surface area contributed by atoms with Crippen LogP contribution < -0.4 is 5.73 Å². The molecule has 0 saturated heterocycles. The third-order valence-corrected chi connectivity index (χ3v) is 1.93. The molecule has 0 fully saturated rings. The lowest BCUT2D eigenvalue weighted by atomic mass is 10.1. The van der Waals surface area contributed by atoms with Gasteiger partial charge in [-0.1, -0.05) is 0 Å². The summed E-state index contributed by atoms with van der Waals surface area (Å²) in [5, 5.41) is 6.94. The molecule has 0 aliphatic heterocycles. The van der Waals surface area contributed by atoms with Crippen molar-refractivity contribution >= 4 is 17.8 Å². The molecular formula is C10H18N2O4. The summed E-state index contributed by atoms with van der Waals surface area (Å²) in [6, 6.07) is -0.238. The number of nitrogens with one attached hydrogen (secondary N) is 1. The number of esters is 2. The first-order valence-corrected chi connectivity index (χ1v) is 5.04. The first-order chi connectivity index (χ1) is 7.45. The van der Waals surface area contributed by atoms with Crippen LogP contribution in [0.2, 0.25) is 0 Å². The molecule has 0 rings (SSSR count). The van der Waals surface area contributed by atoms with Crippen molar-refractivity contribution < 1.29 is 19.1 Å². The van der Waals surface area contributed by atoms with Crippen molar-refractivity contribution in [2.24, 2.45) is 5.73 Å². The predicted molar refractivity (Wildman–Crippen MR) is 58.0 cm³/mol. The summed E-state index contributed by atoms with van der Waals surface area (Å²) < 4.78 is 9.01. The van der Waals surface area contributed by atoms with Gasteiger partial charge in [0.15, 0.2) is 5.90 Å². The number of hydrogen-bond donors (Lipinski definition) is 2. The van der Waals surface area contributed by atoms with E-state index in [2.05, 4.69) is 9.47 Å². The molecule has 6 nitrogen and oxygen atoms in total. The normalized spacial score (nSPS) is 11.7. The summed E-state index contributed by atoms with van der Waals surface area (Å²) in [4.78, 5) is 21.8. The van der Waals surface area contributed by atoms with Gasteiger partial charge in [-0.25, -0.2) is 0 Å². The fourth-order valence-electron chi connectivity index (χ4n) is 1.07. The standard InChI is InChI=1S/C10H18N2O4/c1-7(11)16-10(14)6-4-8(12)3-5-9(13)15-2/h8,11H,3-6,12H2,1-2H3. The van der Waals surface area contributed by atoms with Crippen LogP contribution in [0.4, 0.5) is 0 Å². The Labute approximate surface area is 94.6 Å². The summed E-state index contributed by atoms with van der Waals surface area (Å²) in [6.07, 6.45) is 1.31. The van der Waals surface area contributed by atoms with E-state index in [0.29, 0.717) is 12.8 Å². The van der Waals surface area contributed by atoms with Gasteiger partial charge in [-0.05, 0) is 12.8 Å². The molecule has 0 aromatic heterocycles. The zero-order chi connectivity index (χ0) is 12.6. The van der Waals surface area contributed by atoms with Crippen molar-refractivity contribution in [2.45, 2.75) is 38.6 Å². The maximum Gasteiger partial charge on any atom is 0.312 e. The van der Waals surface area contributed by atoms with E-state index in [0.717, 1.165) is 0 Å². The maximum absolute atomic E-state index is 11.0. The largest absolute Gasteiger partial charge is 0.469 e. The molecule has 1 unspecified atom stereocenters. The van der Waals surface area contributed by atoms with Crippen LogP contribution in [0.5, 0.6) is 0 Å². The molecule has 0 amide bonds. The first kappa shape index (κ1) is 14.6. The number of rotatable bonds is 6. The van der Waals surface area contributed by atoms with E-state index in [1.807, 2.05) is 0 Å². The highest BCUT2D eigenvalue weighted by Crippen LogP contribution is 2.04. The lowest BCUT2D eigenvalue weighted by Crippen LogP contribution is -2.23. The van der Waals surface area contributed by atoms with E-state index >= 15 is 0 Å². The highest BCUT2D eigenvalue weighted by Gasteiger charge is 2.10. The van der Waals surface area contributed by atoms with Gasteiger partial charge >= 0.3 is 11.9 Å². The summed E-state index contributed by atoms with van der Waals surface area (Å²) in [6.45, 7) is 1.38. The van der Waals surface area contributed by atoms with E-state index in [9.17, 15) is 9.59 Å². The molecule has 0 saturated carbocycles. The van der Waals surface area contributed by atoms with Crippen molar-refractivity contribution in [3.05, 3.63) is 0 Å². The van der Waals surface area contributed by atoms with Crippen molar-refractivity contribution in [1.29, 1.82) is 5.41 Å². The molecule has 3 N–H and O–H groups in total. The molecule has 0 radical (unpaired) electrons. The van der Waals surface area contributed by atoms with Gasteiger partial charge in [0, 0.05) is 25.8 Å². The van der Waals surface area contributed by atoms with Crippen molar-refractivity contribution in [1.82, 2.24) is 0 Å². The van der Waals surface area contributed by atoms with Crippen LogP contribution in [0.3, 0.4) is 0 Å². The van der Waals surface area contributed by atoms with Gasteiger partial charge in [0.2, 0.25) is 0 Å². The minimum absolute atomic E-state index is 0.131. The minimum atomic E-state index is -0.471. The summed E-state index contributed by atoms with van der Waals surface area (Å²) >= 11 is 0. The van der Waals surface area contributed by atoms with E-state index in [1.54, 1.807) is 0 Å². The predicted octanol–water partition coefficient (Wildman–Crippen LogP) is 0.587. The van der Waals surface area contributed by atoms with Gasteiger partial charge in [0.1, 0.15) is 0 Å². The van der Waals surface area contributed by atoms with Crippen LogP contribution in [-0.2, 0) is 19.1 Å². The monoisotopic (exact) mass is 230 g/mol. The highest BCUT2D eigenvalue weighted by molar-refractivity contribution is 5.85. The van der Waals surface area contributed by atoms with Gasteiger partial charge in [-0.15, -0.1) is 0 Å². The Morgan fingerprint density at radius 3 is 2.19 bits per heavy atom. The fourth-order valence-corrected chi connectivity index (χ4v) is 1.07. The molecule has 16 heavy (non-hydrogen) atoms. The molecule has 0 aliphatic rings. The molecule has 92 valence electrons. The molecule has 0 heterocycles. The number of ether oxygens (including phenoxy) is 2. The maximum atomic E-state index is 11.0. The van der Waals surface area contributed by atoms with Crippen LogP contribution in [-0.4, -0.2) is 31.0 Å². The summed E-state index contributed by atoms with van der Waals surface area (Å²) in [7, 11) is 1.32. The summed E-state index contributed by atoms with van der Waals surface area (Å²) in [5.41, 5.74) is 5.69. The topological polar surface area (TPSA) is 102 Å². The van der Waals surface area contributed by atoms with Gasteiger partial charge < -0.3 is 15.2 Å². The van der Waals surface area contributed by atoms with E-state index in [-0.39, 0.29) is 30.8 Å². The smallest absolute Gasteiger partial charge is 0.312 e. The third-order valence-electron chi connectivity index (χ3n) is 1.93. The van der Waals surface area contributed by atoms with Gasteiger partial charge in [0.05, 0.1) is 7.11 Å². The minimum Gasteiger partial charge on any atom is -0.469 e. The third kappa shape index (κ3) is 7.93. The average molecular weight is 230 g/mol. The second-order valence-electron chi connectivity index (χ2n) is 3.44. The fraction of sp³-hybridized carbons (Fsp3) is 0.700. The lowest BCUT2D eigenvalue weighted by Gasteiger charge is -2.09. The Balaban J connectivity index is 3.64. The SMILES string of the molecule is COC(=O)CCC(N)CCC(=O)OC(C)=N. The Morgan fingerprint density at radius 1 is 1.25 bits per heavy atom. The Morgan fingerprint density at radius 2 is 1.75 bits per heavy atom. The van der Waals surface area contributed by atoms with Crippen LogP contribution in [0, 0.1) is 5.41 Å². The number of hydrogen-bond acceptors (Lipinski definition) is 6. The van der Waals surface area contributed by atoms with Crippen molar-refractivity contribution in [2.75, 3.05) is 7.11 Å². The highest BCUT2D eigenvalue weighted by atomic mass is 16.5. The van der Waals surface area contributed by atoms with Crippen LogP contribution in [0.15, 0.2) is 0 Å². The van der Waals surface area contributed by atoms with E-state index < -0.39 is 5.97 Å². The second-order valence-corrected chi connectivity index (χ2v) is 3.44.